The van der Waals surface area contributed by atoms with Crippen molar-refractivity contribution in [1.82, 2.24) is 10.2 Å². The molecular weight excluding hydrogens is 420 g/mol. The number of aromatic nitrogens is 2. The Hall–Kier alpha value is -2.67. The molecular formula is C21H21BrN4O2. The van der Waals surface area contributed by atoms with Gasteiger partial charge in [0.15, 0.2) is 11.6 Å². The maximum atomic E-state index is 12.6. The number of nitrogens with one attached hydrogen (secondary N) is 1. The maximum Gasteiger partial charge on any atom is 0.227 e. The Labute approximate surface area is 172 Å². The van der Waals surface area contributed by atoms with Gasteiger partial charge in [-0.25, -0.2) is 0 Å². The van der Waals surface area contributed by atoms with E-state index in [9.17, 15) is 4.79 Å². The van der Waals surface area contributed by atoms with Crippen LogP contribution in [-0.2, 0) is 4.79 Å². The molecule has 3 aromatic rings. The molecule has 0 saturated carbocycles. The molecule has 0 radical (unpaired) electrons. The fourth-order valence-corrected chi connectivity index (χ4v) is 3.90. The van der Waals surface area contributed by atoms with Gasteiger partial charge < -0.3 is 14.6 Å². The smallest absolute Gasteiger partial charge is 0.227 e. The molecule has 1 aromatic carbocycles. The van der Waals surface area contributed by atoms with Crippen molar-refractivity contribution >= 4 is 33.3 Å². The van der Waals surface area contributed by atoms with Crippen molar-refractivity contribution in [2.75, 3.05) is 23.3 Å². The number of halogens is 1. The minimum atomic E-state index is 0.00893. The van der Waals surface area contributed by atoms with E-state index in [1.165, 1.54) is 0 Å². The summed E-state index contributed by atoms with van der Waals surface area (Å²) >= 11 is 3.45. The van der Waals surface area contributed by atoms with E-state index < -0.39 is 0 Å². The van der Waals surface area contributed by atoms with Gasteiger partial charge in [0.25, 0.3) is 0 Å². The van der Waals surface area contributed by atoms with Gasteiger partial charge in [0.1, 0.15) is 5.69 Å². The Balaban J connectivity index is 1.34. The van der Waals surface area contributed by atoms with Crippen LogP contribution < -0.4 is 10.2 Å². The van der Waals surface area contributed by atoms with Crippen molar-refractivity contribution in [2.45, 2.75) is 19.8 Å². The fourth-order valence-electron chi connectivity index (χ4n) is 3.42. The van der Waals surface area contributed by atoms with E-state index >= 15 is 0 Å². The van der Waals surface area contributed by atoms with Gasteiger partial charge in [-0.05, 0) is 67.8 Å². The van der Waals surface area contributed by atoms with Crippen LogP contribution >= 0.6 is 15.9 Å². The van der Waals surface area contributed by atoms with Gasteiger partial charge in [0.05, 0.1) is 6.26 Å². The highest BCUT2D eigenvalue weighted by Crippen LogP contribution is 2.26. The first-order chi connectivity index (χ1) is 13.6. The third kappa shape index (κ3) is 4.09. The van der Waals surface area contributed by atoms with E-state index in [2.05, 4.69) is 36.3 Å². The molecule has 144 valence electrons. The second-order valence-corrected chi connectivity index (χ2v) is 7.88. The van der Waals surface area contributed by atoms with Crippen LogP contribution in [0.3, 0.4) is 0 Å². The van der Waals surface area contributed by atoms with Crippen LogP contribution in [0, 0.1) is 12.8 Å². The number of amides is 1. The van der Waals surface area contributed by atoms with E-state index in [1.807, 2.05) is 49.4 Å². The molecule has 4 rings (SSSR count). The molecule has 0 spiro atoms. The van der Waals surface area contributed by atoms with Gasteiger partial charge in [-0.3, -0.25) is 4.79 Å². The molecule has 1 N–H and O–H groups in total. The number of carbonyl (C=O) groups is 1. The lowest BCUT2D eigenvalue weighted by molar-refractivity contribution is -0.120. The molecule has 28 heavy (non-hydrogen) atoms. The highest BCUT2D eigenvalue weighted by Gasteiger charge is 2.26. The molecule has 0 bridgehead atoms. The number of hydrogen-bond acceptors (Lipinski definition) is 5. The summed E-state index contributed by atoms with van der Waals surface area (Å²) in [6, 6.07) is 13.4. The Morgan fingerprint density at radius 2 is 2.00 bits per heavy atom. The Morgan fingerprint density at radius 3 is 2.64 bits per heavy atom. The predicted molar refractivity (Wildman–Crippen MR) is 112 cm³/mol. The number of nitrogens with zero attached hydrogens (tertiary/aromatic N) is 3. The Bertz CT molecular complexity index is 949. The third-order valence-corrected chi connectivity index (χ3v) is 5.55. The van der Waals surface area contributed by atoms with Gasteiger partial charge in [-0.15, -0.1) is 10.2 Å². The Kier molecular flexibility index (Phi) is 5.43. The van der Waals surface area contributed by atoms with Gasteiger partial charge in [-0.2, -0.15) is 0 Å². The summed E-state index contributed by atoms with van der Waals surface area (Å²) in [7, 11) is 0. The monoisotopic (exact) mass is 440 g/mol. The van der Waals surface area contributed by atoms with Crippen LogP contribution in [0.15, 0.2) is 57.6 Å². The number of hydrogen-bond donors (Lipinski definition) is 1. The van der Waals surface area contributed by atoms with E-state index in [0.717, 1.165) is 47.5 Å². The quantitative estimate of drug-likeness (QED) is 0.638. The lowest BCUT2D eigenvalue weighted by atomic mass is 9.95. The van der Waals surface area contributed by atoms with Gasteiger partial charge in [-0.1, -0.05) is 15.9 Å². The Morgan fingerprint density at radius 1 is 1.18 bits per heavy atom. The number of benzene rings is 1. The lowest BCUT2D eigenvalue weighted by Crippen LogP contribution is -2.38. The number of carbonyl (C=O) groups excluding carboxylic acids is 1. The van der Waals surface area contributed by atoms with E-state index in [-0.39, 0.29) is 11.8 Å². The minimum absolute atomic E-state index is 0.00893. The van der Waals surface area contributed by atoms with E-state index in [1.54, 1.807) is 6.26 Å². The van der Waals surface area contributed by atoms with Crippen LogP contribution in [0.1, 0.15) is 18.4 Å². The standard InChI is InChI=1S/C21H21BrN4O2/c1-14-13-16(22)4-5-17(14)23-21(27)15-8-10-26(11-9-15)20-7-6-18(24-25-20)19-3-2-12-28-19/h2-7,12-13,15H,8-11H2,1H3,(H,23,27). The van der Waals surface area contributed by atoms with Crippen LogP contribution in [0.4, 0.5) is 11.5 Å². The molecule has 0 atom stereocenters. The molecule has 1 saturated heterocycles. The summed E-state index contributed by atoms with van der Waals surface area (Å²) in [4.78, 5) is 14.8. The molecule has 7 heteroatoms. The summed E-state index contributed by atoms with van der Waals surface area (Å²) in [5, 5.41) is 11.6. The predicted octanol–water partition coefficient (Wildman–Crippen LogP) is 4.66. The molecule has 2 aromatic heterocycles. The first-order valence-corrected chi connectivity index (χ1v) is 10.1. The zero-order chi connectivity index (χ0) is 19.5. The molecule has 1 aliphatic rings. The van der Waals surface area contributed by atoms with Crippen molar-refractivity contribution in [3.8, 4) is 11.5 Å². The average molecular weight is 441 g/mol. The van der Waals surface area contributed by atoms with Crippen LogP contribution in [0.5, 0.6) is 0 Å². The lowest BCUT2D eigenvalue weighted by Gasteiger charge is -2.31. The first-order valence-electron chi connectivity index (χ1n) is 9.30. The summed E-state index contributed by atoms with van der Waals surface area (Å²) in [6.07, 6.45) is 3.21. The second-order valence-electron chi connectivity index (χ2n) is 6.96. The molecule has 6 nitrogen and oxygen atoms in total. The number of piperidine rings is 1. The number of rotatable bonds is 4. The molecule has 1 aliphatic heterocycles. The van der Waals surface area contributed by atoms with E-state index in [0.29, 0.717) is 11.5 Å². The number of anilines is 2. The topological polar surface area (TPSA) is 71.3 Å². The summed E-state index contributed by atoms with van der Waals surface area (Å²) < 4.78 is 6.36. The van der Waals surface area contributed by atoms with Crippen LogP contribution in [-0.4, -0.2) is 29.2 Å². The zero-order valence-electron chi connectivity index (χ0n) is 15.6. The van der Waals surface area contributed by atoms with Crippen molar-refractivity contribution < 1.29 is 9.21 Å². The molecule has 0 aliphatic carbocycles. The number of furan rings is 1. The summed E-state index contributed by atoms with van der Waals surface area (Å²) in [5.41, 5.74) is 2.63. The average Bonchev–Trinajstić information content (AvgIpc) is 3.25. The molecule has 0 unspecified atom stereocenters. The minimum Gasteiger partial charge on any atom is -0.463 e. The fraction of sp³-hybridized carbons (Fsp3) is 0.286. The molecule has 3 heterocycles. The van der Waals surface area contributed by atoms with Crippen molar-refractivity contribution in [1.29, 1.82) is 0 Å². The molecule has 1 fully saturated rings. The van der Waals surface area contributed by atoms with Gasteiger partial charge in [0.2, 0.25) is 5.91 Å². The van der Waals surface area contributed by atoms with Crippen molar-refractivity contribution in [2.24, 2.45) is 5.92 Å². The molecule has 1 amide bonds. The second kappa shape index (κ2) is 8.14. The third-order valence-electron chi connectivity index (χ3n) is 5.06. The SMILES string of the molecule is Cc1cc(Br)ccc1NC(=O)C1CCN(c2ccc(-c3ccco3)nn2)CC1. The normalized spacial score (nSPS) is 14.9. The largest absolute Gasteiger partial charge is 0.463 e. The maximum absolute atomic E-state index is 12.6. The summed E-state index contributed by atoms with van der Waals surface area (Å²) in [6.45, 7) is 3.56. The van der Waals surface area contributed by atoms with Crippen molar-refractivity contribution in [3.05, 3.63) is 58.8 Å². The van der Waals surface area contributed by atoms with Crippen molar-refractivity contribution in [3.63, 3.8) is 0 Å². The number of aryl methyl sites for hydroxylation is 1. The van der Waals surface area contributed by atoms with Gasteiger partial charge >= 0.3 is 0 Å². The van der Waals surface area contributed by atoms with E-state index in [4.69, 9.17) is 4.42 Å². The first kappa shape index (κ1) is 18.7. The van der Waals surface area contributed by atoms with Gasteiger partial charge in [0, 0.05) is 29.2 Å². The highest BCUT2D eigenvalue weighted by molar-refractivity contribution is 9.10. The zero-order valence-corrected chi connectivity index (χ0v) is 17.1. The van der Waals surface area contributed by atoms with Crippen LogP contribution in [0.2, 0.25) is 0 Å². The summed E-state index contributed by atoms with van der Waals surface area (Å²) in [5.74, 6) is 1.63. The highest BCUT2D eigenvalue weighted by atomic mass is 79.9. The van der Waals surface area contributed by atoms with Crippen LogP contribution in [0.25, 0.3) is 11.5 Å².